The lowest BCUT2D eigenvalue weighted by molar-refractivity contribution is -0.131. The van der Waals surface area contributed by atoms with Crippen LogP contribution in [0.15, 0.2) is 18.2 Å². The van der Waals surface area contributed by atoms with Crippen molar-refractivity contribution in [2.24, 2.45) is 5.92 Å². The molecule has 130 valence electrons. The van der Waals surface area contributed by atoms with E-state index in [9.17, 15) is 14.4 Å². The summed E-state index contributed by atoms with van der Waals surface area (Å²) in [5, 5.41) is 5.31. The number of benzene rings is 1. The molecule has 24 heavy (non-hydrogen) atoms. The maximum atomic E-state index is 12.3. The summed E-state index contributed by atoms with van der Waals surface area (Å²) in [6.07, 6.45) is 0.550. The third-order valence-electron chi connectivity index (χ3n) is 3.74. The Balaban J connectivity index is 2.03. The minimum absolute atomic E-state index is 0.268. The number of nitrogens with zero attached hydrogens (tertiary/aromatic N) is 1. The topological polar surface area (TPSA) is 87.7 Å². The molecule has 0 aliphatic carbocycles. The highest BCUT2D eigenvalue weighted by atomic mass is 16.5. The average molecular weight is 333 g/mol. The highest BCUT2D eigenvalue weighted by molar-refractivity contribution is 6.08. The molecule has 7 nitrogen and oxygen atoms in total. The van der Waals surface area contributed by atoms with Crippen LogP contribution in [0.2, 0.25) is 0 Å². The Bertz CT molecular complexity index is 657. The number of aryl methyl sites for hydroxylation is 1. The predicted octanol–water partition coefficient (Wildman–Crippen LogP) is 1.91. The largest absolute Gasteiger partial charge is 0.495 e. The van der Waals surface area contributed by atoms with Crippen LogP contribution in [-0.4, -0.2) is 42.4 Å². The maximum Gasteiger partial charge on any atom is 0.325 e. The average Bonchev–Trinajstić information content (AvgIpc) is 2.74. The third-order valence-corrected chi connectivity index (χ3v) is 3.74. The first-order chi connectivity index (χ1) is 11.3. The number of hydrogen-bond donors (Lipinski definition) is 2. The summed E-state index contributed by atoms with van der Waals surface area (Å²) < 4.78 is 5.20. The minimum Gasteiger partial charge on any atom is -0.495 e. The normalized spacial score (nSPS) is 17.2. The van der Waals surface area contributed by atoms with Crippen molar-refractivity contribution in [2.75, 3.05) is 19.0 Å². The van der Waals surface area contributed by atoms with Gasteiger partial charge in [0, 0.05) is 0 Å². The zero-order chi connectivity index (χ0) is 17.9. The second kappa shape index (κ2) is 7.33. The molecule has 0 unspecified atom stereocenters. The van der Waals surface area contributed by atoms with Crippen LogP contribution < -0.4 is 15.4 Å². The van der Waals surface area contributed by atoms with E-state index in [-0.39, 0.29) is 18.4 Å². The first-order valence-corrected chi connectivity index (χ1v) is 7.88. The Morgan fingerprint density at radius 1 is 1.38 bits per heavy atom. The molecule has 1 atom stereocenters. The van der Waals surface area contributed by atoms with E-state index in [1.54, 1.807) is 12.1 Å². The number of ether oxygens (including phenoxy) is 1. The molecule has 0 saturated carbocycles. The van der Waals surface area contributed by atoms with Crippen molar-refractivity contribution in [3.05, 3.63) is 23.8 Å². The monoisotopic (exact) mass is 333 g/mol. The molecular formula is C17H23N3O4. The maximum absolute atomic E-state index is 12.3. The number of imide groups is 1. The fourth-order valence-electron chi connectivity index (χ4n) is 2.61. The lowest BCUT2D eigenvalue weighted by Crippen LogP contribution is -2.38. The SMILES string of the molecule is COc1ccc(C)cc1NC(=O)CN1C(=O)N[C@H](CC(C)C)C1=O. The van der Waals surface area contributed by atoms with Crippen LogP contribution in [0.3, 0.4) is 0 Å². The van der Waals surface area contributed by atoms with Crippen LogP contribution in [0.25, 0.3) is 0 Å². The van der Waals surface area contributed by atoms with Gasteiger partial charge in [-0.3, -0.25) is 14.5 Å². The van der Waals surface area contributed by atoms with Crippen molar-refractivity contribution in [1.82, 2.24) is 10.2 Å². The molecule has 1 aromatic rings. The van der Waals surface area contributed by atoms with E-state index in [0.29, 0.717) is 17.9 Å². The molecule has 1 aliphatic heterocycles. The minimum atomic E-state index is -0.557. The van der Waals surface area contributed by atoms with E-state index in [0.717, 1.165) is 10.5 Å². The quantitative estimate of drug-likeness (QED) is 0.779. The molecule has 1 heterocycles. The summed E-state index contributed by atoms with van der Waals surface area (Å²) in [5.74, 6) is -0.0268. The Morgan fingerprint density at radius 3 is 2.71 bits per heavy atom. The van der Waals surface area contributed by atoms with Crippen LogP contribution in [0, 0.1) is 12.8 Å². The van der Waals surface area contributed by atoms with E-state index in [1.807, 2.05) is 26.8 Å². The fraction of sp³-hybridized carbons (Fsp3) is 0.471. The van der Waals surface area contributed by atoms with E-state index in [4.69, 9.17) is 4.74 Å². The molecule has 1 aromatic carbocycles. The Kier molecular flexibility index (Phi) is 5.43. The molecule has 2 rings (SSSR count). The number of urea groups is 1. The zero-order valence-corrected chi connectivity index (χ0v) is 14.4. The van der Waals surface area contributed by atoms with Gasteiger partial charge in [0.05, 0.1) is 12.8 Å². The fourth-order valence-corrected chi connectivity index (χ4v) is 2.61. The highest BCUT2D eigenvalue weighted by Gasteiger charge is 2.39. The number of carbonyl (C=O) groups excluding carboxylic acids is 3. The number of anilines is 1. The Labute approximate surface area is 141 Å². The number of hydrogen-bond acceptors (Lipinski definition) is 4. The van der Waals surface area contributed by atoms with Gasteiger partial charge in [-0.25, -0.2) is 4.79 Å². The van der Waals surface area contributed by atoms with E-state index in [1.165, 1.54) is 7.11 Å². The number of nitrogens with one attached hydrogen (secondary N) is 2. The van der Waals surface area contributed by atoms with Gasteiger partial charge in [-0.2, -0.15) is 0 Å². The smallest absolute Gasteiger partial charge is 0.325 e. The van der Waals surface area contributed by atoms with E-state index < -0.39 is 18.0 Å². The van der Waals surface area contributed by atoms with Gasteiger partial charge >= 0.3 is 6.03 Å². The van der Waals surface area contributed by atoms with Crippen molar-refractivity contribution < 1.29 is 19.1 Å². The molecule has 1 fully saturated rings. The molecule has 7 heteroatoms. The van der Waals surface area contributed by atoms with Gasteiger partial charge < -0.3 is 15.4 Å². The highest BCUT2D eigenvalue weighted by Crippen LogP contribution is 2.25. The number of carbonyl (C=O) groups is 3. The number of rotatable bonds is 6. The first-order valence-electron chi connectivity index (χ1n) is 7.88. The summed E-state index contributed by atoms with van der Waals surface area (Å²) in [6, 6.07) is 4.29. The summed E-state index contributed by atoms with van der Waals surface area (Å²) in [5.41, 5.74) is 1.46. The zero-order valence-electron chi connectivity index (χ0n) is 14.4. The molecule has 0 aromatic heterocycles. The van der Waals surface area contributed by atoms with Gasteiger partial charge in [-0.1, -0.05) is 19.9 Å². The first kappa shape index (κ1) is 17.8. The standard InChI is InChI=1S/C17H23N3O4/c1-10(2)7-13-16(22)20(17(23)19-13)9-15(21)18-12-8-11(3)5-6-14(12)24-4/h5-6,8,10,13H,7,9H2,1-4H3,(H,18,21)(H,19,23)/t13-/m1/s1. The number of methoxy groups -OCH3 is 1. The van der Waals surface area contributed by atoms with E-state index in [2.05, 4.69) is 10.6 Å². The summed E-state index contributed by atoms with van der Waals surface area (Å²) in [6.45, 7) is 5.51. The van der Waals surface area contributed by atoms with Gasteiger partial charge in [0.1, 0.15) is 18.3 Å². The van der Waals surface area contributed by atoms with Gasteiger partial charge in [-0.05, 0) is 37.0 Å². The molecule has 1 aliphatic rings. The lowest BCUT2D eigenvalue weighted by Gasteiger charge is -2.15. The predicted molar refractivity (Wildman–Crippen MR) is 89.8 cm³/mol. The van der Waals surface area contributed by atoms with Gasteiger partial charge in [0.25, 0.3) is 5.91 Å². The molecule has 0 bridgehead atoms. The summed E-state index contributed by atoms with van der Waals surface area (Å²) >= 11 is 0. The van der Waals surface area contributed by atoms with Gasteiger partial charge in [-0.15, -0.1) is 0 Å². The van der Waals surface area contributed by atoms with Crippen LogP contribution in [0.1, 0.15) is 25.8 Å². The van der Waals surface area contributed by atoms with Crippen molar-refractivity contribution >= 4 is 23.5 Å². The molecular weight excluding hydrogens is 310 g/mol. The molecule has 1 saturated heterocycles. The Hall–Kier alpha value is -2.57. The van der Waals surface area contributed by atoms with Gasteiger partial charge in [0.2, 0.25) is 5.91 Å². The molecule has 0 spiro atoms. The van der Waals surface area contributed by atoms with Crippen LogP contribution in [-0.2, 0) is 9.59 Å². The van der Waals surface area contributed by atoms with Crippen LogP contribution >= 0.6 is 0 Å². The van der Waals surface area contributed by atoms with Crippen molar-refractivity contribution in [3.8, 4) is 5.75 Å². The van der Waals surface area contributed by atoms with Crippen molar-refractivity contribution in [1.29, 1.82) is 0 Å². The van der Waals surface area contributed by atoms with Crippen LogP contribution in [0.5, 0.6) is 5.75 Å². The summed E-state index contributed by atoms with van der Waals surface area (Å²) in [7, 11) is 1.51. The molecule has 2 N–H and O–H groups in total. The second-order valence-corrected chi connectivity index (χ2v) is 6.31. The number of amides is 4. The second-order valence-electron chi connectivity index (χ2n) is 6.31. The van der Waals surface area contributed by atoms with Gasteiger partial charge in [0.15, 0.2) is 0 Å². The van der Waals surface area contributed by atoms with E-state index >= 15 is 0 Å². The molecule has 4 amide bonds. The summed E-state index contributed by atoms with van der Waals surface area (Å²) in [4.78, 5) is 37.4. The van der Waals surface area contributed by atoms with Crippen LogP contribution in [0.4, 0.5) is 10.5 Å². The van der Waals surface area contributed by atoms with Crippen molar-refractivity contribution in [3.63, 3.8) is 0 Å². The Morgan fingerprint density at radius 2 is 2.08 bits per heavy atom. The van der Waals surface area contributed by atoms with Crippen molar-refractivity contribution in [2.45, 2.75) is 33.2 Å². The molecule has 0 radical (unpaired) electrons. The third kappa shape index (κ3) is 4.04. The lowest BCUT2D eigenvalue weighted by atomic mass is 10.0.